The Bertz CT molecular complexity index is 300. The molecule has 0 atom stereocenters. The summed E-state index contributed by atoms with van der Waals surface area (Å²) in [4.78, 5) is 2.26. The lowest BCUT2D eigenvalue weighted by Crippen LogP contribution is -2.37. The summed E-state index contributed by atoms with van der Waals surface area (Å²) >= 11 is 0. The third-order valence-electron chi connectivity index (χ3n) is 3.49. The SMILES string of the molecule is CCC(CC)NCCN1CCCS(=O)(=O)CC1. The molecule has 0 saturated carbocycles. The van der Waals surface area contributed by atoms with Crippen LogP contribution >= 0.6 is 0 Å². The quantitative estimate of drug-likeness (QED) is 0.772. The van der Waals surface area contributed by atoms with Crippen LogP contribution in [0.25, 0.3) is 0 Å². The third kappa shape index (κ3) is 5.84. The lowest BCUT2D eigenvalue weighted by Gasteiger charge is -2.21. The minimum absolute atomic E-state index is 0.331. The van der Waals surface area contributed by atoms with E-state index in [-0.39, 0.29) is 0 Å². The van der Waals surface area contributed by atoms with E-state index in [0.717, 1.165) is 38.9 Å². The van der Waals surface area contributed by atoms with Crippen LogP contribution in [0, 0.1) is 0 Å². The Balaban J connectivity index is 2.23. The molecule has 0 unspecified atom stereocenters. The summed E-state index contributed by atoms with van der Waals surface area (Å²) in [6, 6.07) is 0.603. The van der Waals surface area contributed by atoms with Crippen LogP contribution in [0.3, 0.4) is 0 Å². The lowest BCUT2D eigenvalue weighted by atomic mass is 10.2. The average Bonchev–Trinajstić information content (AvgIpc) is 2.46. The Kier molecular flexibility index (Phi) is 6.44. The van der Waals surface area contributed by atoms with Crippen molar-refractivity contribution in [1.82, 2.24) is 10.2 Å². The fraction of sp³-hybridized carbons (Fsp3) is 1.00. The van der Waals surface area contributed by atoms with Gasteiger partial charge in [-0.2, -0.15) is 0 Å². The molecule has 1 heterocycles. The van der Waals surface area contributed by atoms with E-state index in [1.807, 2.05) is 0 Å². The average molecular weight is 262 g/mol. The molecule has 5 heteroatoms. The second-order valence-corrected chi connectivity index (χ2v) is 7.12. The maximum absolute atomic E-state index is 11.4. The molecule has 0 aromatic rings. The molecule has 0 spiro atoms. The predicted octanol–water partition coefficient (Wildman–Crippen LogP) is 0.885. The molecule has 0 aromatic carbocycles. The van der Waals surface area contributed by atoms with E-state index < -0.39 is 9.84 Å². The highest BCUT2D eigenvalue weighted by molar-refractivity contribution is 7.91. The van der Waals surface area contributed by atoms with Gasteiger partial charge >= 0.3 is 0 Å². The Labute approximate surface area is 106 Å². The van der Waals surface area contributed by atoms with Crippen LogP contribution in [0.15, 0.2) is 0 Å². The summed E-state index contributed by atoms with van der Waals surface area (Å²) in [6.45, 7) is 7.94. The molecule has 4 nitrogen and oxygen atoms in total. The van der Waals surface area contributed by atoms with E-state index in [1.54, 1.807) is 0 Å². The highest BCUT2D eigenvalue weighted by Gasteiger charge is 2.18. The minimum Gasteiger partial charge on any atom is -0.313 e. The molecular weight excluding hydrogens is 236 g/mol. The first-order chi connectivity index (χ1) is 8.07. The molecule has 1 saturated heterocycles. The van der Waals surface area contributed by atoms with Crippen molar-refractivity contribution in [2.75, 3.05) is 37.7 Å². The highest BCUT2D eigenvalue weighted by Crippen LogP contribution is 2.04. The second kappa shape index (κ2) is 7.34. The monoisotopic (exact) mass is 262 g/mol. The summed E-state index contributed by atoms with van der Waals surface area (Å²) in [6.07, 6.45) is 3.10. The van der Waals surface area contributed by atoms with Gasteiger partial charge in [0.1, 0.15) is 0 Å². The second-order valence-electron chi connectivity index (χ2n) is 4.81. The van der Waals surface area contributed by atoms with Gasteiger partial charge in [-0.3, -0.25) is 0 Å². The zero-order valence-corrected chi connectivity index (χ0v) is 11.9. The van der Waals surface area contributed by atoms with Crippen LogP contribution in [0.5, 0.6) is 0 Å². The van der Waals surface area contributed by atoms with Crippen LogP contribution in [-0.4, -0.2) is 57.0 Å². The zero-order valence-electron chi connectivity index (χ0n) is 11.1. The Hall–Kier alpha value is -0.130. The van der Waals surface area contributed by atoms with Gasteiger partial charge in [-0.25, -0.2) is 8.42 Å². The first-order valence-electron chi connectivity index (χ1n) is 6.73. The summed E-state index contributed by atoms with van der Waals surface area (Å²) in [5, 5.41) is 3.52. The van der Waals surface area contributed by atoms with Crippen molar-refractivity contribution < 1.29 is 8.42 Å². The number of rotatable bonds is 6. The molecule has 1 fully saturated rings. The predicted molar refractivity (Wildman–Crippen MR) is 72.1 cm³/mol. The first kappa shape index (κ1) is 14.9. The van der Waals surface area contributed by atoms with Crippen LogP contribution in [0.2, 0.25) is 0 Å². The van der Waals surface area contributed by atoms with Gasteiger partial charge in [-0.05, 0) is 25.8 Å². The smallest absolute Gasteiger partial charge is 0.151 e. The van der Waals surface area contributed by atoms with Crippen LogP contribution in [0.4, 0.5) is 0 Å². The zero-order chi connectivity index (χ0) is 12.7. The Morgan fingerprint density at radius 3 is 2.53 bits per heavy atom. The molecule has 0 amide bonds. The summed E-state index contributed by atoms with van der Waals surface area (Å²) < 4.78 is 22.9. The van der Waals surface area contributed by atoms with Gasteiger partial charge in [0.2, 0.25) is 0 Å². The summed E-state index contributed by atoms with van der Waals surface area (Å²) in [5.74, 6) is 0.696. The first-order valence-corrected chi connectivity index (χ1v) is 8.55. The van der Waals surface area contributed by atoms with Crippen LogP contribution < -0.4 is 5.32 Å². The van der Waals surface area contributed by atoms with Crippen molar-refractivity contribution in [3.63, 3.8) is 0 Å². The van der Waals surface area contributed by atoms with Crippen molar-refractivity contribution in [2.24, 2.45) is 0 Å². The molecule has 17 heavy (non-hydrogen) atoms. The van der Waals surface area contributed by atoms with Crippen molar-refractivity contribution in [3.05, 3.63) is 0 Å². The number of hydrogen-bond donors (Lipinski definition) is 1. The molecule has 0 aliphatic carbocycles. The molecule has 0 bridgehead atoms. The van der Waals surface area contributed by atoms with Crippen LogP contribution in [-0.2, 0) is 9.84 Å². The maximum atomic E-state index is 11.4. The van der Waals surface area contributed by atoms with Gasteiger partial charge in [0, 0.05) is 25.7 Å². The van der Waals surface area contributed by atoms with E-state index in [4.69, 9.17) is 0 Å². The van der Waals surface area contributed by atoms with Crippen molar-refractivity contribution in [1.29, 1.82) is 0 Å². The van der Waals surface area contributed by atoms with Crippen LogP contribution in [0.1, 0.15) is 33.1 Å². The largest absolute Gasteiger partial charge is 0.313 e. The van der Waals surface area contributed by atoms with Gasteiger partial charge < -0.3 is 10.2 Å². The molecule has 1 aliphatic rings. The Morgan fingerprint density at radius 2 is 1.88 bits per heavy atom. The third-order valence-corrected chi connectivity index (χ3v) is 5.21. The van der Waals surface area contributed by atoms with Gasteiger partial charge in [-0.15, -0.1) is 0 Å². The fourth-order valence-corrected chi connectivity index (χ4v) is 3.53. The van der Waals surface area contributed by atoms with E-state index >= 15 is 0 Å². The van der Waals surface area contributed by atoms with Crippen molar-refractivity contribution >= 4 is 9.84 Å². The lowest BCUT2D eigenvalue weighted by molar-refractivity contribution is 0.286. The molecule has 1 aliphatic heterocycles. The molecule has 0 radical (unpaired) electrons. The van der Waals surface area contributed by atoms with E-state index in [0.29, 0.717) is 24.1 Å². The molecule has 102 valence electrons. The van der Waals surface area contributed by atoms with E-state index in [9.17, 15) is 8.42 Å². The number of nitrogens with zero attached hydrogens (tertiary/aromatic N) is 1. The molecule has 0 aromatic heterocycles. The van der Waals surface area contributed by atoms with Gasteiger partial charge in [0.25, 0.3) is 0 Å². The minimum atomic E-state index is -2.76. The maximum Gasteiger partial charge on any atom is 0.151 e. The number of sulfone groups is 1. The van der Waals surface area contributed by atoms with Gasteiger partial charge in [0.05, 0.1) is 11.5 Å². The van der Waals surface area contributed by atoms with Crippen molar-refractivity contribution in [3.8, 4) is 0 Å². The van der Waals surface area contributed by atoms with E-state index in [2.05, 4.69) is 24.1 Å². The summed E-state index contributed by atoms with van der Waals surface area (Å²) in [5.41, 5.74) is 0. The standard InChI is InChI=1S/C12H26N2O2S/c1-3-12(4-2)13-6-8-14-7-5-10-17(15,16)11-9-14/h12-13H,3-11H2,1-2H3. The number of nitrogens with one attached hydrogen (secondary N) is 1. The van der Waals surface area contributed by atoms with E-state index in [1.165, 1.54) is 0 Å². The van der Waals surface area contributed by atoms with Crippen molar-refractivity contribution in [2.45, 2.75) is 39.2 Å². The molecule has 1 N–H and O–H groups in total. The molecular formula is C12H26N2O2S. The number of hydrogen-bond acceptors (Lipinski definition) is 4. The topological polar surface area (TPSA) is 49.4 Å². The summed E-state index contributed by atoms with van der Waals surface area (Å²) in [7, 11) is -2.76. The fourth-order valence-electron chi connectivity index (χ4n) is 2.22. The highest BCUT2D eigenvalue weighted by atomic mass is 32.2. The van der Waals surface area contributed by atoms with Gasteiger partial charge in [-0.1, -0.05) is 13.8 Å². The molecule has 1 rings (SSSR count). The normalized spacial score (nSPS) is 21.6. The Morgan fingerprint density at radius 1 is 1.18 bits per heavy atom. The van der Waals surface area contributed by atoms with Gasteiger partial charge in [0.15, 0.2) is 9.84 Å².